The summed E-state index contributed by atoms with van der Waals surface area (Å²) in [6.45, 7) is 4.94. The first kappa shape index (κ1) is 18.4. The molecule has 8 nitrogen and oxygen atoms in total. The Kier molecular flexibility index (Phi) is 5.58. The fourth-order valence-electron chi connectivity index (χ4n) is 3.04. The summed E-state index contributed by atoms with van der Waals surface area (Å²) in [6, 6.07) is 1.79. The summed E-state index contributed by atoms with van der Waals surface area (Å²) in [5.74, 6) is -0.0640. The van der Waals surface area contributed by atoms with E-state index >= 15 is 0 Å². The summed E-state index contributed by atoms with van der Waals surface area (Å²) < 4.78 is 5.76. The number of amides is 2. The van der Waals surface area contributed by atoms with Gasteiger partial charge in [0.05, 0.1) is 0 Å². The maximum Gasteiger partial charge on any atom is 0.292 e. The van der Waals surface area contributed by atoms with Crippen molar-refractivity contribution < 1.29 is 14.0 Å². The Morgan fingerprint density at radius 2 is 2.12 bits per heavy atom. The van der Waals surface area contributed by atoms with Crippen LogP contribution in [0.15, 0.2) is 10.5 Å². The van der Waals surface area contributed by atoms with Crippen molar-refractivity contribution in [1.29, 1.82) is 0 Å². The molecule has 0 aliphatic carbocycles. The van der Waals surface area contributed by atoms with Crippen LogP contribution in [0.1, 0.15) is 52.1 Å². The molecule has 3 rings (SSSR count). The molecule has 3 heterocycles. The van der Waals surface area contributed by atoms with Crippen molar-refractivity contribution in [2.45, 2.75) is 32.7 Å². The third kappa shape index (κ3) is 3.88. The number of aromatic nitrogens is 1. The number of nitrogens with two attached hydrogens (primary N) is 1. The van der Waals surface area contributed by atoms with Crippen molar-refractivity contribution in [3.63, 3.8) is 0 Å². The van der Waals surface area contributed by atoms with Crippen LogP contribution in [0.25, 0.3) is 0 Å². The van der Waals surface area contributed by atoms with E-state index in [0.29, 0.717) is 16.6 Å². The summed E-state index contributed by atoms with van der Waals surface area (Å²) in [5, 5.41) is 6.33. The molecule has 0 atom stereocenters. The van der Waals surface area contributed by atoms with E-state index in [1.54, 1.807) is 13.1 Å². The zero-order valence-corrected chi connectivity index (χ0v) is 15.7. The minimum atomic E-state index is -0.693. The minimum Gasteiger partial charge on any atom is -0.456 e. The van der Waals surface area contributed by atoms with Gasteiger partial charge in [-0.2, -0.15) is 0 Å². The lowest BCUT2D eigenvalue weighted by atomic mass is 10.2. The van der Waals surface area contributed by atoms with Gasteiger partial charge >= 0.3 is 0 Å². The summed E-state index contributed by atoms with van der Waals surface area (Å²) >= 11 is 1.15. The molecule has 2 aromatic rings. The van der Waals surface area contributed by atoms with Gasteiger partial charge in [0.15, 0.2) is 16.6 Å². The highest BCUT2D eigenvalue weighted by Crippen LogP contribution is 2.29. The fraction of sp³-hybridized carbons (Fsp3) is 0.471. The summed E-state index contributed by atoms with van der Waals surface area (Å²) in [5.41, 5.74) is 6.41. The minimum absolute atomic E-state index is 0.0345. The molecule has 1 fully saturated rings. The van der Waals surface area contributed by atoms with Crippen LogP contribution in [-0.4, -0.2) is 41.8 Å². The molecule has 9 heteroatoms. The predicted octanol–water partition coefficient (Wildman–Crippen LogP) is 2.29. The molecule has 0 saturated carbocycles. The topological polar surface area (TPSA) is 113 Å². The van der Waals surface area contributed by atoms with E-state index in [1.807, 2.05) is 6.92 Å². The normalized spacial score (nSPS) is 14.5. The number of carbonyl (C=O) groups is 2. The number of likely N-dealkylation sites (tertiary alicyclic amines) is 1. The number of aryl methyl sites for hydroxylation is 1. The molecule has 140 valence electrons. The van der Waals surface area contributed by atoms with Gasteiger partial charge in [-0.25, -0.2) is 4.98 Å². The van der Waals surface area contributed by atoms with Gasteiger partial charge < -0.3 is 20.8 Å². The quantitative estimate of drug-likeness (QED) is 0.682. The first-order valence-corrected chi connectivity index (χ1v) is 9.47. The van der Waals surface area contributed by atoms with Crippen LogP contribution in [0.3, 0.4) is 0 Å². The monoisotopic (exact) mass is 377 g/mol. The van der Waals surface area contributed by atoms with Crippen molar-refractivity contribution in [3.05, 3.63) is 28.8 Å². The molecular formula is C17H23N5O3S. The molecule has 0 aromatic carbocycles. The molecule has 4 N–H and O–H groups in total. The number of primary amides is 1. The van der Waals surface area contributed by atoms with Gasteiger partial charge in [0.25, 0.3) is 11.8 Å². The summed E-state index contributed by atoms with van der Waals surface area (Å²) in [4.78, 5) is 30.5. The lowest BCUT2D eigenvalue weighted by molar-refractivity contribution is 0.0995. The molecule has 26 heavy (non-hydrogen) atoms. The Hall–Kier alpha value is -2.39. The lowest BCUT2D eigenvalue weighted by Crippen LogP contribution is -2.18. The third-order valence-electron chi connectivity index (χ3n) is 4.34. The largest absolute Gasteiger partial charge is 0.456 e. The van der Waals surface area contributed by atoms with Crippen molar-refractivity contribution in [2.24, 2.45) is 5.73 Å². The number of hydrogen-bond donors (Lipinski definition) is 3. The first-order chi connectivity index (χ1) is 12.5. The molecule has 2 aromatic heterocycles. The van der Waals surface area contributed by atoms with Crippen LogP contribution >= 0.6 is 11.3 Å². The third-order valence-corrected chi connectivity index (χ3v) is 5.32. The van der Waals surface area contributed by atoms with Crippen molar-refractivity contribution in [3.8, 4) is 0 Å². The van der Waals surface area contributed by atoms with Crippen LogP contribution in [0.5, 0.6) is 0 Å². The van der Waals surface area contributed by atoms with E-state index in [4.69, 9.17) is 10.2 Å². The average molecular weight is 377 g/mol. The van der Waals surface area contributed by atoms with Crippen LogP contribution < -0.4 is 16.4 Å². The molecule has 2 amide bonds. The Bertz CT molecular complexity index is 807. The van der Waals surface area contributed by atoms with Gasteiger partial charge in [0, 0.05) is 25.6 Å². The molecule has 1 aliphatic rings. The molecular weight excluding hydrogens is 354 g/mol. The number of carbonyl (C=O) groups excluding carboxylic acids is 2. The van der Waals surface area contributed by atoms with E-state index in [9.17, 15) is 9.59 Å². The molecule has 0 bridgehead atoms. The average Bonchev–Trinajstić information content (AvgIpc) is 3.34. The second-order valence-electron chi connectivity index (χ2n) is 6.16. The van der Waals surface area contributed by atoms with Gasteiger partial charge in [-0.15, -0.1) is 0 Å². The Labute approximate surface area is 155 Å². The van der Waals surface area contributed by atoms with Gasteiger partial charge in [0.1, 0.15) is 10.8 Å². The molecule has 1 saturated heterocycles. The molecule has 0 radical (unpaired) electrons. The zero-order chi connectivity index (χ0) is 18.7. The SMILES string of the molecule is CCc1oc(C(=O)Nc2sc(NC)nc2C(N)=O)cc1CN1CCCC1. The number of anilines is 2. The number of thiazole rings is 1. The molecule has 1 aliphatic heterocycles. The van der Waals surface area contributed by atoms with E-state index in [0.717, 1.165) is 42.3 Å². The lowest BCUT2D eigenvalue weighted by Gasteiger charge is -2.13. The molecule has 0 unspecified atom stereocenters. The van der Waals surface area contributed by atoms with Gasteiger partial charge in [-0.1, -0.05) is 18.3 Å². The van der Waals surface area contributed by atoms with Gasteiger partial charge in [-0.3, -0.25) is 14.5 Å². The number of furan rings is 1. The second kappa shape index (κ2) is 7.88. The highest BCUT2D eigenvalue weighted by atomic mass is 32.1. The Balaban J connectivity index is 1.78. The van der Waals surface area contributed by atoms with E-state index in [1.165, 1.54) is 12.8 Å². The number of nitrogens with zero attached hydrogens (tertiary/aromatic N) is 2. The van der Waals surface area contributed by atoms with Crippen LogP contribution in [0, 0.1) is 0 Å². The smallest absolute Gasteiger partial charge is 0.292 e. The standard InChI is InChI=1S/C17H23N5O3S/c1-3-11-10(9-22-6-4-5-7-22)8-12(25-11)15(24)21-16-13(14(18)23)20-17(19-2)26-16/h8H,3-7,9H2,1-2H3,(H2,18,23)(H,19,20)(H,21,24). The van der Waals surface area contributed by atoms with E-state index in [2.05, 4.69) is 20.5 Å². The van der Waals surface area contributed by atoms with Gasteiger partial charge in [-0.05, 0) is 32.0 Å². The summed E-state index contributed by atoms with van der Waals surface area (Å²) in [7, 11) is 1.68. The maximum atomic E-state index is 12.6. The number of nitrogens with one attached hydrogen (secondary N) is 2. The Morgan fingerprint density at radius 3 is 2.73 bits per heavy atom. The number of rotatable bonds is 7. The molecule has 0 spiro atoms. The van der Waals surface area contributed by atoms with Crippen LogP contribution in [0.2, 0.25) is 0 Å². The van der Waals surface area contributed by atoms with Crippen molar-refractivity contribution in [2.75, 3.05) is 30.8 Å². The summed E-state index contributed by atoms with van der Waals surface area (Å²) in [6.07, 6.45) is 3.14. The number of hydrogen-bond acceptors (Lipinski definition) is 7. The first-order valence-electron chi connectivity index (χ1n) is 8.65. The van der Waals surface area contributed by atoms with Crippen molar-refractivity contribution in [1.82, 2.24) is 9.88 Å². The fourth-order valence-corrected chi connectivity index (χ4v) is 3.86. The van der Waals surface area contributed by atoms with Crippen LogP contribution in [0.4, 0.5) is 10.1 Å². The maximum absolute atomic E-state index is 12.6. The Morgan fingerprint density at radius 1 is 1.38 bits per heavy atom. The van der Waals surface area contributed by atoms with Crippen molar-refractivity contribution >= 4 is 33.3 Å². The van der Waals surface area contributed by atoms with Crippen LogP contribution in [-0.2, 0) is 13.0 Å². The second-order valence-corrected chi connectivity index (χ2v) is 7.16. The highest BCUT2D eigenvalue weighted by Gasteiger charge is 2.22. The highest BCUT2D eigenvalue weighted by molar-refractivity contribution is 7.20. The van der Waals surface area contributed by atoms with E-state index < -0.39 is 11.8 Å². The van der Waals surface area contributed by atoms with E-state index in [-0.39, 0.29) is 11.5 Å². The van der Waals surface area contributed by atoms with Gasteiger partial charge in [0.2, 0.25) is 0 Å². The zero-order valence-electron chi connectivity index (χ0n) is 14.9. The predicted molar refractivity (Wildman–Crippen MR) is 101 cm³/mol.